The van der Waals surface area contributed by atoms with Crippen LogP contribution in [0.1, 0.15) is 12.8 Å². The molecule has 1 saturated carbocycles. The summed E-state index contributed by atoms with van der Waals surface area (Å²) in [5, 5.41) is 10.7. The predicted octanol–water partition coefficient (Wildman–Crippen LogP) is 2.37. The lowest BCUT2D eigenvalue weighted by molar-refractivity contribution is -0.386. The zero-order chi connectivity index (χ0) is 13.6. The van der Waals surface area contributed by atoms with Crippen molar-refractivity contribution in [1.82, 2.24) is 4.98 Å². The third-order valence-corrected chi connectivity index (χ3v) is 4.63. The fraction of sp³-hybridized carbons (Fsp3) is 0.583. The maximum atomic E-state index is 10.7. The Bertz CT molecular complexity index is 523. The van der Waals surface area contributed by atoms with Crippen molar-refractivity contribution in [3.05, 3.63) is 26.9 Å². The molecular formula is C12H14BrN3O3. The number of hydrogen-bond donors (Lipinski definition) is 0. The molecule has 1 aromatic heterocycles. The molecule has 0 aromatic carbocycles. The highest BCUT2D eigenvalue weighted by Crippen LogP contribution is 2.50. The number of aromatic nitrogens is 1. The number of methoxy groups -OCH3 is 1. The molecule has 2 fully saturated rings. The van der Waals surface area contributed by atoms with Gasteiger partial charge in [0.05, 0.1) is 11.0 Å². The lowest BCUT2D eigenvalue weighted by Crippen LogP contribution is -2.64. The van der Waals surface area contributed by atoms with E-state index in [1.165, 1.54) is 6.07 Å². The zero-order valence-electron chi connectivity index (χ0n) is 10.5. The first-order valence-corrected chi connectivity index (χ1v) is 6.91. The van der Waals surface area contributed by atoms with Gasteiger partial charge in [-0.1, -0.05) is 0 Å². The third-order valence-electron chi connectivity index (χ3n) is 4.04. The summed E-state index contributed by atoms with van der Waals surface area (Å²) in [7, 11) is 1.75. The van der Waals surface area contributed by atoms with Gasteiger partial charge in [-0.2, -0.15) is 0 Å². The summed E-state index contributed by atoms with van der Waals surface area (Å²) in [6.45, 7) is 1.92. The molecule has 2 heterocycles. The number of pyridine rings is 1. The van der Waals surface area contributed by atoms with E-state index in [0.717, 1.165) is 31.7 Å². The van der Waals surface area contributed by atoms with Gasteiger partial charge in [0.2, 0.25) is 0 Å². The third kappa shape index (κ3) is 2.10. The molecule has 102 valence electrons. The van der Waals surface area contributed by atoms with Crippen LogP contribution >= 0.6 is 15.9 Å². The molecule has 0 atom stereocenters. The van der Waals surface area contributed by atoms with Gasteiger partial charge >= 0.3 is 5.69 Å². The van der Waals surface area contributed by atoms with Crippen LogP contribution in [0.4, 0.5) is 11.5 Å². The number of nitro groups is 1. The maximum absolute atomic E-state index is 10.7. The first-order chi connectivity index (χ1) is 9.03. The number of rotatable bonds is 3. The van der Waals surface area contributed by atoms with E-state index in [1.54, 1.807) is 13.2 Å². The minimum atomic E-state index is -0.437. The SMILES string of the molecule is COC1CC2(C1)CN(c1ccc([N+](=O)[O-])c(Br)n1)C2. The van der Waals surface area contributed by atoms with Crippen molar-refractivity contribution in [3.8, 4) is 0 Å². The lowest BCUT2D eigenvalue weighted by atomic mass is 9.62. The molecule has 3 rings (SSSR count). The fourth-order valence-corrected chi connectivity index (χ4v) is 3.44. The van der Waals surface area contributed by atoms with E-state index in [2.05, 4.69) is 25.8 Å². The van der Waals surface area contributed by atoms with Crippen molar-refractivity contribution in [2.24, 2.45) is 5.41 Å². The summed E-state index contributed by atoms with van der Waals surface area (Å²) in [6.07, 6.45) is 2.61. The molecule has 0 bridgehead atoms. The minimum absolute atomic E-state index is 0.00192. The van der Waals surface area contributed by atoms with E-state index in [9.17, 15) is 10.1 Å². The zero-order valence-corrected chi connectivity index (χ0v) is 12.1. The minimum Gasteiger partial charge on any atom is -0.381 e. The molecule has 1 saturated heterocycles. The van der Waals surface area contributed by atoms with Crippen molar-refractivity contribution in [1.29, 1.82) is 0 Å². The second-order valence-electron chi connectivity index (χ2n) is 5.36. The quantitative estimate of drug-likeness (QED) is 0.484. The van der Waals surface area contributed by atoms with E-state index in [1.807, 2.05) is 0 Å². The molecule has 6 nitrogen and oxygen atoms in total. The monoisotopic (exact) mass is 327 g/mol. The Hall–Kier alpha value is -1.21. The Balaban J connectivity index is 1.66. The van der Waals surface area contributed by atoms with Crippen LogP contribution in [-0.2, 0) is 4.74 Å². The Labute approximate surface area is 119 Å². The highest BCUT2D eigenvalue weighted by molar-refractivity contribution is 9.10. The van der Waals surface area contributed by atoms with Crippen molar-refractivity contribution in [3.63, 3.8) is 0 Å². The second-order valence-corrected chi connectivity index (χ2v) is 6.11. The summed E-state index contributed by atoms with van der Waals surface area (Å²) in [5.74, 6) is 0.795. The molecule has 1 spiro atoms. The van der Waals surface area contributed by atoms with E-state index >= 15 is 0 Å². The van der Waals surface area contributed by atoms with E-state index < -0.39 is 4.92 Å². The molecule has 0 N–H and O–H groups in total. The molecule has 1 aliphatic carbocycles. The largest absolute Gasteiger partial charge is 0.381 e. The summed E-state index contributed by atoms with van der Waals surface area (Å²) in [4.78, 5) is 16.7. The van der Waals surface area contributed by atoms with Gasteiger partial charge in [0.25, 0.3) is 0 Å². The van der Waals surface area contributed by atoms with Gasteiger partial charge in [0.1, 0.15) is 5.82 Å². The molecule has 1 aliphatic heterocycles. The smallest absolute Gasteiger partial charge is 0.302 e. The predicted molar refractivity (Wildman–Crippen MR) is 73.3 cm³/mol. The van der Waals surface area contributed by atoms with Crippen LogP contribution < -0.4 is 4.90 Å². The maximum Gasteiger partial charge on any atom is 0.302 e. The lowest BCUT2D eigenvalue weighted by Gasteiger charge is -2.58. The summed E-state index contributed by atoms with van der Waals surface area (Å²) < 4.78 is 5.59. The van der Waals surface area contributed by atoms with E-state index in [0.29, 0.717) is 16.1 Å². The topological polar surface area (TPSA) is 68.5 Å². The Morgan fingerprint density at radius 3 is 2.74 bits per heavy atom. The molecule has 0 radical (unpaired) electrons. The molecule has 1 aromatic rings. The molecule has 2 aliphatic rings. The number of ether oxygens (including phenoxy) is 1. The second kappa shape index (κ2) is 4.42. The van der Waals surface area contributed by atoms with Gasteiger partial charge in [-0.3, -0.25) is 10.1 Å². The fourth-order valence-electron chi connectivity index (χ4n) is 2.99. The van der Waals surface area contributed by atoms with Gasteiger partial charge in [-0.05, 0) is 34.8 Å². The molecule has 19 heavy (non-hydrogen) atoms. The first kappa shape index (κ1) is 12.8. The van der Waals surface area contributed by atoms with Gasteiger partial charge in [-0.25, -0.2) is 4.98 Å². The Kier molecular flexibility index (Phi) is 2.98. The summed E-state index contributed by atoms with van der Waals surface area (Å²) in [5.41, 5.74) is 0.387. The van der Waals surface area contributed by atoms with Crippen LogP contribution in [-0.4, -0.2) is 36.2 Å². The average molecular weight is 328 g/mol. The van der Waals surface area contributed by atoms with Gasteiger partial charge in [0.15, 0.2) is 4.60 Å². The number of hydrogen-bond acceptors (Lipinski definition) is 5. The number of anilines is 1. The first-order valence-electron chi connectivity index (χ1n) is 6.12. The molecular weight excluding hydrogens is 314 g/mol. The van der Waals surface area contributed by atoms with E-state index in [-0.39, 0.29) is 5.69 Å². The average Bonchev–Trinajstić information content (AvgIpc) is 2.25. The standard InChI is InChI=1S/C12H14BrN3O3/c1-19-8-4-12(5-8)6-15(7-12)10-3-2-9(16(17)18)11(13)14-10/h2-3,8H,4-7H2,1H3. The van der Waals surface area contributed by atoms with Crippen LogP contribution in [0.15, 0.2) is 16.7 Å². The Morgan fingerprint density at radius 2 is 2.21 bits per heavy atom. The highest BCUT2D eigenvalue weighted by Gasteiger charge is 2.53. The van der Waals surface area contributed by atoms with Crippen LogP contribution in [0.5, 0.6) is 0 Å². The normalized spacial score (nSPS) is 21.1. The molecule has 7 heteroatoms. The molecule has 0 unspecified atom stereocenters. The van der Waals surface area contributed by atoms with Crippen molar-refractivity contribution in [2.45, 2.75) is 18.9 Å². The summed E-state index contributed by atoms with van der Waals surface area (Å²) in [6, 6.07) is 3.21. The van der Waals surface area contributed by atoms with Crippen LogP contribution in [0, 0.1) is 15.5 Å². The van der Waals surface area contributed by atoms with Crippen molar-refractivity contribution < 1.29 is 9.66 Å². The highest BCUT2D eigenvalue weighted by atomic mass is 79.9. The van der Waals surface area contributed by atoms with Crippen LogP contribution in [0.3, 0.4) is 0 Å². The van der Waals surface area contributed by atoms with Gasteiger partial charge in [0, 0.05) is 31.7 Å². The number of halogens is 1. The van der Waals surface area contributed by atoms with Crippen LogP contribution in [0.2, 0.25) is 0 Å². The van der Waals surface area contributed by atoms with Gasteiger partial charge in [-0.15, -0.1) is 0 Å². The molecule has 0 amide bonds. The Morgan fingerprint density at radius 1 is 1.53 bits per heavy atom. The van der Waals surface area contributed by atoms with Crippen LogP contribution in [0.25, 0.3) is 0 Å². The van der Waals surface area contributed by atoms with Gasteiger partial charge < -0.3 is 9.64 Å². The van der Waals surface area contributed by atoms with Crippen molar-refractivity contribution >= 4 is 27.4 Å². The number of nitrogens with zero attached hydrogens (tertiary/aromatic N) is 3. The van der Waals surface area contributed by atoms with Crippen molar-refractivity contribution in [2.75, 3.05) is 25.1 Å². The summed E-state index contributed by atoms with van der Waals surface area (Å²) >= 11 is 3.15. The van der Waals surface area contributed by atoms with E-state index in [4.69, 9.17) is 4.74 Å².